The van der Waals surface area contributed by atoms with Crippen LogP contribution in [-0.4, -0.2) is 43.5 Å². The van der Waals surface area contributed by atoms with E-state index in [2.05, 4.69) is 15.0 Å². The molecule has 1 atom stereocenters. The highest BCUT2D eigenvalue weighted by molar-refractivity contribution is 6.34. The lowest BCUT2D eigenvalue weighted by molar-refractivity contribution is 0.0726. The van der Waals surface area contributed by atoms with Crippen molar-refractivity contribution in [2.75, 3.05) is 6.54 Å². The summed E-state index contributed by atoms with van der Waals surface area (Å²) in [6, 6.07) is 8.80. The van der Waals surface area contributed by atoms with Crippen molar-refractivity contribution < 1.29 is 9.90 Å². The van der Waals surface area contributed by atoms with Crippen molar-refractivity contribution in [3.05, 3.63) is 57.8 Å². The Morgan fingerprint density at radius 1 is 1.22 bits per heavy atom. The van der Waals surface area contributed by atoms with Crippen molar-refractivity contribution in [2.45, 2.75) is 25.3 Å². The Morgan fingerprint density at radius 3 is 2.78 bits per heavy atom. The number of pyridine rings is 1. The molecule has 1 fully saturated rings. The minimum Gasteiger partial charge on any atom is -0.492 e. The van der Waals surface area contributed by atoms with Crippen LogP contribution in [-0.2, 0) is 6.42 Å². The van der Waals surface area contributed by atoms with E-state index in [9.17, 15) is 9.90 Å². The van der Waals surface area contributed by atoms with Crippen LogP contribution in [0.5, 0.6) is 5.88 Å². The van der Waals surface area contributed by atoms with Crippen LogP contribution in [0.1, 0.15) is 28.9 Å². The summed E-state index contributed by atoms with van der Waals surface area (Å²) >= 11 is 12.2. The Morgan fingerprint density at radius 2 is 2.00 bits per heavy atom. The summed E-state index contributed by atoms with van der Waals surface area (Å²) in [7, 11) is 0. The summed E-state index contributed by atoms with van der Waals surface area (Å²) in [6.07, 6.45) is 3.94. The van der Waals surface area contributed by atoms with Gasteiger partial charge in [-0.2, -0.15) is 4.98 Å². The maximum atomic E-state index is 13.0. The van der Waals surface area contributed by atoms with E-state index in [1.165, 1.54) is 0 Å². The number of rotatable bonds is 3. The quantitative estimate of drug-likeness (QED) is 0.718. The highest BCUT2D eigenvalue weighted by atomic mass is 35.5. The number of hydrogen-bond donors (Lipinski definition) is 1. The molecule has 4 rings (SSSR count). The molecule has 1 aliphatic heterocycles. The van der Waals surface area contributed by atoms with E-state index >= 15 is 0 Å². The monoisotopic (exact) mass is 402 g/mol. The molecule has 3 heterocycles. The number of carbonyl (C=O) groups excluding carboxylic acids is 1. The van der Waals surface area contributed by atoms with Crippen LogP contribution in [0.3, 0.4) is 0 Å². The number of nitrogens with zero attached hydrogens (tertiary/aromatic N) is 4. The Labute approximate surface area is 165 Å². The smallest absolute Gasteiger partial charge is 0.278 e. The molecule has 3 aromatic rings. The molecule has 1 aromatic carbocycles. The van der Waals surface area contributed by atoms with Crippen molar-refractivity contribution in [3.63, 3.8) is 0 Å². The van der Waals surface area contributed by atoms with Gasteiger partial charge in [0.15, 0.2) is 11.3 Å². The van der Waals surface area contributed by atoms with Crippen molar-refractivity contribution in [1.29, 1.82) is 0 Å². The molecule has 0 bridgehead atoms. The predicted octanol–water partition coefficient (Wildman–Crippen LogP) is 3.88. The Hall–Kier alpha value is -2.44. The second-order valence-corrected chi connectivity index (χ2v) is 7.39. The van der Waals surface area contributed by atoms with Crippen LogP contribution in [0.2, 0.25) is 10.0 Å². The summed E-state index contributed by atoms with van der Waals surface area (Å²) in [5, 5.41) is 11.3. The van der Waals surface area contributed by atoms with Gasteiger partial charge in [0, 0.05) is 28.8 Å². The first-order valence-corrected chi connectivity index (χ1v) is 9.34. The summed E-state index contributed by atoms with van der Waals surface area (Å²) in [6.45, 7) is 0.601. The first kappa shape index (κ1) is 17.9. The molecule has 1 N–H and O–H groups in total. The Bertz CT molecular complexity index is 1010. The van der Waals surface area contributed by atoms with Crippen molar-refractivity contribution in [3.8, 4) is 5.88 Å². The highest BCUT2D eigenvalue weighted by Crippen LogP contribution is 2.28. The first-order valence-electron chi connectivity index (χ1n) is 8.59. The van der Waals surface area contributed by atoms with Crippen molar-refractivity contribution in [2.24, 2.45) is 0 Å². The molecule has 0 radical (unpaired) electrons. The number of fused-ring (bicyclic) bond motifs is 1. The van der Waals surface area contributed by atoms with E-state index in [1.807, 2.05) is 12.1 Å². The van der Waals surface area contributed by atoms with Gasteiger partial charge in [0.1, 0.15) is 5.52 Å². The molecule has 6 nitrogen and oxygen atoms in total. The molecular weight excluding hydrogens is 387 g/mol. The lowest BCUT2D eigenvalue weighted by Crippen LogP contribution is -2.37. The molecule has 0 saturated carbocycles. The fraction of sp³-hybridized carbons (Fsp3) is 0.263. The number of likely N-dealkylation sites (tertiary alicyclic amines) is 1. The van der Waals surface area contributed by atoms with Crippen LogP contribution in [0.25, 0.3) is 11.2 Å². The average Bonchev–Trinajstić information content (AvgIpc) is 3.07. The van der Waals surface area contributed by atoms with Gasteiger partial charge in [-0.1, -0.05) is 23.2 Å². The largest absolute Gasteiger partial charge is 0.492 e. The molecule has 8 heteroatoms. The number of halogens is 2. The second kappa shape index (κ2) is 7.29. The summed E-state index contributed by atoms with van der Waals surface area (Å²) in [5.41, 5.74) is 1.69. The average molecular weight is 403 g/mol. The fourth-order valence-electron chi connectivity index (χ4n) is 3.48. The topological polar surface area (TPSA) is 79.2 Å². The Kier molecular flexibility index (Phi) is 4.85. The fourth-order valence-corrected chi connectivity index (χ4v) is 4.05. The van der Waals surface area contributed by atoms with Crippen molar-refractivity contribution in [1.82, 2.24) is 19.9 Å². The van der Waals surface area contributed by atoms with Gasteiger partial charge in [-0.25, -0.2) is 9.97 Å². The van der Waals surface area contributed by atoms with E-state index in [0.29, 0.717) is 34.2 Å². The van der Waals surface area contributed by atoms with Gasteiger partial charge < -0.3 is 10.0 Å². The van der Waals surface area contributed by atoms with Crippen LogP contribution in [0.4, 0.5) is 0 Å². The number of aromatic nitrogens is 3. The van der Waals surface area contributed by atoms with E-state index in [0.717, 1.165) is 18.4 Å². The molecule has 0 spiro atoms. The molecule has 0 aliphatic carbocycles. The number of carbonyl (C=O) groups is 1. The lowest BCUT2D eigenvalue weighted by Gasteiger charge is -2.24. The van der Waals surface area contributed by atoms with Crippen LogP contribution in [0.15, 0.2) is 36.5 Å². The van der Waals surface area contributed by atoms with Gasteiger partial charge in [0.05, 0.1) is 0 Å². The third-order valence-corrected chi connectivity index (χ3v) is 5.09. The molecule has 2 aromatic heterocycles. The molecule has 1 amide bonds. The second-order valence-electron chi connectivity index (χ2n) is 6.52. The molecule has 138 valence electrons. The van der Waals surface area contributed by atoms with E-state index < -0.39 is 5.88 Å². The van der Waals surface area contributed by atoms with Crippen LogP contribution < -0.4 is 0 Å². The summed E-state index contributed by atoms with van der Waals surface area (Å²) < 4.78 is 0. The normalized spacial score (nSPS) is 16.8. The van der Waals surface area contributed by atoms with Crippen LogP contribution in [0, 0.1) is 0 Å². The zero-order chi connectivity index (χ0) is 19.0. The standard InChI is InChI=1S/C19H16Cl2N4O2/c20-12-7-11(8-13(21)10-12)9-14-3-2-6-25(14)19(27)16-18(26)24-17-15(23-16)4-1-5-22-17/h1,4-5,7-8,10,14H,2-3,6,9H2,(H,22,24,26)/t14-/m0/s1. The van der Waals surface area contributed by atoms with E-state index in [1.54, 1.807) is 29.3 Å². The van der Waals surface area contributed by atoms with E-state index in [-0.39, 0.29) is 17.6 Å². The van der Waals surface area contributed by atoms with Crippen LogP contribution >= 0.6 is 23.2 Å². The molecule has 0 unspecified atom stereocenters. The predicted molar refractivity (Wildman–Crippen MR) is 103 cm³/mol. The number of benzene rings is 1. The van der Waals surface area contributed by atoms with Crippen molar-refractivity contribution >= 4 is 40.3 Å². The van der Waals surface area contributed by atoms with Gasteiger partial charge in [-0.3, -0.25) is 4.79 Å². The number of hydrogen-bond acceptors (Lipinski definition) is 5. The highest BCUT2D eigenvalue weighted by Gasteiger charge is 2.32. The molecule has 1 saturated heterocycles. The maximum Gasteiger partial charge on any atom is 0.278 e. The van der Waals surface area contributed by atoms with Gasteiger partial charge in [0.2, 0.25) is 5.88 Å². The number of amides is 1. The molecular formula is C19H16Cl2N4O2. The summed E-state index contributed by atoms with van der Waals surface area (Å²) in [5.74, 6) is -0.732. The maximum absolute atomic E-state index is 13.0. The zero-order valence-corrected chi connectivity index (χ0v) is 15.8. The van der Waals surface area contributed by atoms with E-state index in [4.69, 9.17) is 23.2 Å². The molecule has 1 aliphatic rings. The van der Waals surface area contributed by atoms with Gasteiger partial charge >= 0.3 is 0 Å². The van der Waals surface area contributed by atoms with Gasteiger partial charge in [0.25, 0.3) is 5.91 Å². The van der Waals surface area contributed by atoms with Gasteiger partial charge in [-0.15, -0.1) is 0 Å². The van der Waals surface area contributed by atoms with Gasteiger partial charge in [-0.05, 0) is 55.2 Å². The summed E-state index contributed by atoms with van der Waals surface area (Å²) in [4.78, 5) is 27.1. The first-order chi connectivity index (χ1) is 13.0. The lowest BCUT2D eigenvalue weighted by atomic mass is 10.0. The Balaban J connectivity index is 1.61. The zero-order valence-electron chi connectivity index (χ0n) is 14.3. The number of aromatic hydroxyl groups is 1. The minimum absolute atomic E-state index is 0.0159. The molecule has 27 heavy (non-hydrogen) atoms. The SMILES string of the molecule is O=C(c1nc2cccnc2nc1O)N1CCC[C@H]1Cc1cc(Cl)cc(Cl)c1. The third kappa shape index (κ3) is 3.68. The third-order valence-electron chi connectivity index (χ3n) is 4.66. The minimum atomic E-state index is -0.400.